The molecule has 0 radical (unpaired) electrons. The topological polar surface area (TPSA) is 54.0 Å². The average molecular weight is 693 g/mol. The Morgan fingerprint density at radius 1 is 0.938 bits per heavy atom. The second kappa shape index (κ2) is 19.3. The number of benzene rings is 2. The number of rotatable bonds is 21. The van der Waals surface area contributed by atoms with Crippen LogP contribution in [0.5, 0.6) is 0 Å². The molecule has 0 bridgehead atoms. The number of Topliss-reactive ketones (excluding diaryl/α,β-unsaturated/α-hetero) is 1. The van der Waals surface area contributed by atoms with Crippen molar-refractivity contribution in [1.82, 2.24) is 0 Å². The quantitative estimate of drug-likeness (QED) is 0.0742. The van der Waals surface area contributed by atoms with E-state index in [2.05, 4.69) is 120 Å². The summed E-state index contributed by atoms with van der Waals surface area (Å²) in [6.45, 7) is 17.2. The van der Waals surface area contributed by atoms with E-state index < -0.39 is 22.4 Å². The highest BCUT2D eigenvalue weighted by molar-refractivity contribution is 6.99. The van der Waals surface area contributed by atoms with Gasteiger partial charge >= 0.3 is 0 Å². The number of ether oxygens (including phenoxy) is 2. The maximum absolute atomic E-state index is 13.1. The van der Waals surface area contributed by atoms with Crippen molar-refractivity contribution in [3.05, 3.63) is 85.0 Å². The first kappa shape index (κ1) is 40.3. The molecule has 0 aromatic heterocycles. The Hall–Kier alpha value is -2.14. The minimum absolute atomic E-state index is 0.0118. The first-order valence-electron chi connectivity index (χ1n) is 18.5. The van der Waals surface area contributed by atoms with E-state index in [4.69, 9.17) is 18.3 Å². The van der Waals surface area contributed by atoms with Gasteiger partial charge in [-0.25, -0.2) is 0 Å². The third kappa shape index (κ3) is 10.7. The molecule has 0 fully saturated rings. The maximum Gasteiger partial charge on any atom is 0.261 e. The van der Waals surface area contributed by atoms with E-state index in [0.717, 1.165) is 56.8 Å². The summed E-state index contributed by atoms with van der Waals surface area (Å²) in [5.41, 5.74) is 0. The van der Waals surface area contributed by atoms with Gasteiger partial charge in [0.05, 0.1) is 6.10 Å². The van der Waals surface area contributed by atoms with E-state index in [1.807, 2.05) is 13.0 Å². The summed E-state index contributed by atoms with van der Waals surface area (Å²) in [4.78, 5) is 13.1. The largest absolute Gasteiger partial charge is 0.417 e. The van der Waals surface area contributed by atoms with E-state index in [-0.39, 0.29) is 22.8 Å². The molecule has 0 N–H and O–H groups in total. The molecule has 48 heavy (non-hydrogen) atoms. The molecular weight excluding hydrogens is 629 g/mol. The Balaban J connectivity index is 1.50. The Morgan fingerprint density at radius 2 is 1.52 bits per heavy atom. The highest BCUT2D eigenvalue weighted by atomic mass is 28.4. The fraction of sp³-hybridized carbons (Fsp3) is 0.585. The summed E-state index contributed by atoms with van der Waals surface area (Å²) < 4.78 is 25.8. The monoisotopic (exact) mass is 692 g/mol. The van der Waals surface area contributed by atoms with E-state index in [9.17, 15) is 4.79 Å². The number of hydrogen-bond donors (Lipinski definition) is 0. The SMILES string of the molecule is CC[Si](CC)(CC)OCCC[C@H](C)C(=O)CC[C@@]1(OC)C=CC[C@@H](/C=C/CCCO[Si](c2ccccc2)(c2ccccc2)C(C)(C)C)O1. The van der Waals surface area contributed by atoms with Crippen LogP contribution in [0.25, 0.3) is 0 Å². The molecule has 0 amide bonds. The van der Waals surface area contributed by atoms with Gasteiger partial charge in [-0.3, -0.25) is 4.79 Å². The summed E-state index contributed by atoms with van der Waals surface area (Å²) in [6, 6.07) is 25.1. The van der Waals surface area contributed by atoms with Gasteiger partial charge in [0.1, 0.15) is 5.78 Å². The van der Waals surface area contributed by atoms with Crippen molar-refractivity contribution in [2.75, 3.05) is 20.3 Å². The Kier molecular flexibility index (Phi) is 16.2. The molecular formula is C41H64O5Si2. The number of unbranched alkanes of at least 4 members (excludes halogenated alkanes) is 1. The van der Waals surface area contributed by atoms with Gasteiger partial charge in [0.25, 0.3) is 8.32 Å². The van der Waals surface area contributed by atoms with Crippen LogP contribution in [-0.4, -0.2) is 54.6 Å². The van der Waals surface area contributed by atoms with Gasteiger partial charge in [0.15, 0.2) is 14.1 Å². The molecule has 3 atom stereocenters. The fourth-order valence-electron chi connectivity index (χ4n) is 7.08. The maximum atomic E-state index is 13.1. The second-order valence-corrected chi connectivity index (χ2v) is 23.6. The predicted molar refractivity (Wildman–Crippen MR) is 206 cm³/mol. The molecule has 0 aliphatic carbocycles. The van der Waals surface area contributed by atoms with E-state index in [0.29, 0.717) is 19.4 Å². The average Bonchev–Trinajstić information content (AvgIpc) is 3.11. The van der Waals surface area contributed by atoms with Crippen LogP contribution in [-0.2, 0) is 23.1 Å². The Labute approximate surface area is 294 Å². The summed E-state index contributed by atoms with van der Waals surface area (Å²) >= 11 is 0. The van der Waals surface area contributed by atoms with Crippen molar-refractivity contribution in [2.45, 2.75) is 128 Å². The van der Waals surface area contributed by atoms with Gasteiger partial charge in [-0.05, 0) is 71.7 Å². The highest BCUT2D eigenvalue weighted by Crippen LogP contribution is 2.37. The van der Waals surface area contributed by atoms with Crippen molar-refractivity contribution in [3.8, 4) is 0 Å². The zero-order chi connectivity index (χ0) is 35.1. The fourth-order valence-corrected chi connectivity index (χ4v) is 14.4. The lowest BCUT2D eigenvalue weighted by Crippen LogP contribution is -2.66. The van der Waals surface area contributed by atoms with E-state index in [1.54, 1.807) is 7.11 Å². The minimum atomic E-state index is -2.52. The molecule has 5 nitrogen and oxygen atoms in total. The van der Waals surface area contributed by atoms with Crippen LogP contribution in [0.1, 0.15) is 93.4 Å². The van der Waals surface area contributed by atoms with Crippen LogP contribution in [0, 0.1) is 5.92 Å². The summed E-state index contributed by atoms with van der Waals surface area (Å²) in [7, 11) is -2.41. The number of carbonyl (C=O) groups excluding carboxylic acids is 1. The number of allylic oxidation sites excluding steroid dienone is 1. The third-order valence-electron chi connectivity index (χ3n) is 10.4. The summed E-state index contributed by atoms with van der Waals surface area (Å²) in [5.74, 6) is -0.586. The van der Waals surface area contributed by atoms with E-state index >= 15 is 0 Å². The van der Waals surface area contributed by atoms with Gasteiger partial charge in [-0.1, -0.05) is 127 Å². The predicted octanol–water partition coefficient (Wildman–Crippen LogP) is 9.37. The molecule has 266 valence electrons. The van der Waals surface area contributed by atoms with Gasteiger partial charge in [-0.15, -0.1) is 0 Å². The molecule has 1 aliphatic heterocycles. The van der Waals surface area contributed by atoms with Crippen LogP contribution in [0.15, 0.2) is 85.0 Å². The molecule has 0 saturated heterocycles. The molecule has 2 aromatic rings. The molecule has 0 spiro atoms. The lowest BCUT2D eigenvalue weighted by atomic mass is 9.94. The number of methoxy groups -OCH3 is 1. The molecule has 7 heteroatoms. The standard InChI is InChI=1S/C41H64O5Si2/c1-9-47(10-2,11-3)44-34-22-23-35(4)39(42)30-32-41(43-8)31-21-25-36(46-41)24-15-14-20-33-45-48(40(5,6)7,37-26-16-12-17-27-37)38-28-18-13-19-29-38/h12-13,15-19,21,24,26-29,31,35-36H,9-11,14,20,22-23,25,30,32-34H2,1-8H3/b24-15+/t35-,36+,41+/m0/s1. The van der Waals surface area contributed by atoms with Crippen LogP contribution >= 0.6 is 0 Å². The van der Waals surface area contributed by atoms with Crippen molar-refractivity contribution >= 4 is 32.8 Å². The first-order valence-corrected chi connectivity index (χ1v) is 22.9. The Morgan fingerprint density at radius 3 is 2.06 bits per heavy atom. The van der Waals surface area contributed by atoms with Gasteiger partial charge < -0.3 is 18.3 Å². The number of hydrogen-bond acceptors (Lipinski definition) is 5. The molecule has 0 saturated carbocycles. The van der Waals surface area contributed by atoms with Crippen LogP contribution in [0.3, 0.4) is 0 Å². The summed E-state index contributed by atoms with van der Waals surface area (Å²) in [6.07, 6.45) is 13.8. The molecule has 1 aliphatic rings. The first-order chi connectivity index (χ1) is 23.0. The minimum Gasteiger partial charge on any atom is -0.417 e. The van der Waals surface area contributed by atoms with Gasteiger partial charge in [0.2, 0.25) is 0 Å². The molecule has 2 aromatic carbocycles. The van der Waals surface area contributed by atoms with Crippen LogP contribution in [0.4, 0.5) is 0 Å². The molecule has 0 unspecified atom stereocenters. The molecule has 3 rings (SSSR count). The third-order valence-corrected chi connectivity index (χ3v) is 20.2. The van der Waals surface area contributed by atoms with Crippen LogP contribution < -0.4 is 10.4 Å². The zero-order valence-corrected chi connectivity index (χ0v) is 33.3. The molecule has 1 heterocycles. The number of carbonyl (C=O) groups is 1. The lowest BCUT2D eigenvalue weighted by Gasteiger charge is -2.43. The highest BCUT2D eigenvalue weighted by Gasteiger charge is 2.50. The lowest BCUT2D eigenvalue weighted by molar-refractivity contribution is -0.214. The summed E-state index contributed by atoms with van der Waals surface area (Å²) in [5, 5.41) is 2.59. The van der Waals surface area contributed by atoms with Crippen molar-refractivity contribution in [3.63, 3.8) is 0 Å². The second-order valence-electron chi connectivity index (χ2n) is 14.5. The smallest absolute Gasteiger partial charge is 0.261 e. The van der Waals surface area contributed by atoms with Gasteiger partial charge in [-0.2, -0.15) is 0 Å². The number of ketones is 1. The van der Waals surface area contributed by atoms with E-state index in [1.165, 1.54) is 10.4 Å². The van der Waals surface area contributed by atoms with Gasteiger partial charge in [0, 0.05) is 39.1 Å². The van der Waals surface area contributed by atoms with Crippen molar-refractivity contribution < 1.29 is 23.1 Å². The van der Waals surface area contributed by atoms with Crippen LogP contribution in [0.2, 0.25) is 23.2 Å². The normalized spacial score (nSPS) is 19.5. The Bertz CT molecular complexity index is 1220. The van der Waals surface area contributed by atoms with Crippen molar-refractivity contribution in [2.24, 2.45) is 5.92 Å². The zero-order valence-electron chi connectivity index (χ0n) is 31.3. The van der Waals surface area contributed by atoms with Crippen molar-refractivity contribution in [1.29, 1.82) is 0 Å².